The Labute approximate surface area is 127 Å². The smallest absolute Gasteiger partial charge is 0.345 e. The van der Waals surface area contributed by atoms with Crippen LogP contribution in [-0.2, 0) is 19.9 Å². The van der Waals surface area contributed by atoms with Crippen molar-refractivity contribution in [3.05, 3.63) is 35.9 Å². The van der Waals surface area contributed by atoms with Crippen LogP contribution in [0, 0.1) is 0 Å². The molecule has 0 aliphatic carbocycles. The Bertz CT molecular complexity index is 520. The van der Waals surface area contributed by atoms with E-state index in [1.807, 2.05) is 0 Å². The normalized spacial score (nSPS) is 34.7. The van der Waals surface area contributed by atoms with Crippen molar-refractivity contribution in [1.82, 2.24) is 0 Å². The van der Waals surface area contributed by atoms with Crippen molar-refractivity contribution in [2.45, 2.75) is 43.0 Å². The SMILES string of the molecule is COC(=O)[C@](O)(c1ccccc1)[C@H]1O[C@H](C)[C@@H](O)[C@@H](O)[C@@H]1O. The average Bonchev–Trinajstić information content (AvgIpc) is 2.55. The van der Waals surface area contributed by atoms with Crippen molar-refractivity contribution in [2.24, 2.45) is 0 Å². The average molecular weight is 312 g/mol. The number of carbonyl (C=O) groups is 1. The van der Waals surface area contributed by atoms with E-state index in [1.165, 1.54) is 19.1 Å². The summed E-state index contributed by atoms with van der Waals surface area (Å²) in [6, 6.07) is 7.87. The van der Waals surface area contributed by atoms with E-state index in [1.54, 1.807) is 18.2 Å². The molecular weight excluding hydrogens is 292 g/mol. The standard InChI is InChI=1S/C15H20O7/c1-8-10(16)11(17)12(18)13(22-8)15(20,14(19)21-2)9-6-4-3-5-7-9/h3-8,10-13,16-18,20H,1-2H3/t8-,10-,11-,12+,13+,15+/m1/s1. The van der Waals surface area contributed by atoms with Crippen molar-refractivity contribution >= 4 is 5.97 Å². The van der Waals surface area contributed by atoms with Crippen LogP contribution in [-0.4, -0.2) is 64.0 Å². The monoisotopic (exact) mass is 312 g/mol. The predicted octanol–water partition coefficient (Wildman–Crippen LogP) is -1.08. The maximum absolute atomic E-state index is 12.2. The Hall–Kier alpha value is -1.51. The molecule has 0 bridgehead atoms. The highest BCUT2D eigenvalue weighted by Gasteiger charge is 2.56. The minimum atomic E-state index is -2.31. The molecule has 1 saturated heterocycles. The minimum Gasteiger partial charge on any atom is -0.467 e. The van der Waals surface area contributed by atoms with Gasteiger partial charge in [0.1, 0.15) is 24.4 Å². The van der Waals surface area contributed by atoms with E-state index in [4.69, 9.17) is 4.74 Å². The van der Waals surface area contributed by atoms with Gasteiger partial charge in [0.05, 0.1) is 13.2 Å². The number of rotatable bonds is 3. The Morgan fingerprint density at radius 3 is 2.27 bits per heavy atom. The molecule has 0 unspecified atom stereocenters. The van der Waals surface area contributed by atoms with E-state index >= 15 is 0 Å². The maximum atomic E-state index is 12.2. The van der Waals surface area contributed by atoms with Crippen molar-refractivity contribution in [2.75, 3.05) is 7.11 Å². The van der Waals surface area contributed by atoms with Crippen LogP contribution in [0.1, 0.15) is 12.5 Å². The first-order valence-corrected chi connectivity index (χ1v) is 6.90. The molecule has 6 atom stereocenters. The molecule has 1 aliphatic rings. The number of aliphatic hydroxyl groups is 4. The van der Waals surface area contributed by atoms with Gasteiger partial charge in [-0.05, 0) is 12.5 Å². The second-order valence-corrected chi connectivity index (χ2v) is 5.36. The lowest BCUT2D eigenvalue weighted by molar-refractivity contribution is -0.265. The Morgan fingerprint density at radius 1 is 1.14 bits per heavy atom. The van der Waals surface area contributed by atoms with Crippen LogP contribution in [0.15, 0.2) is 30.3 Å². The van der Waals surface area contributed by atoms with Crippen molar-refractivity contribution in [3.63, 3.8) is 0 Å². The van der Waals surface area contributed by atoms with Gasteiger partial charge >= 0.3 is 5.97 Å². The second-order valence-electron chi connectivity index (χ2n) is 5.36. The lowest BCUT2D eigenvalue weighted by atomic mass is 9.80. The minimum absolute atomic E-state index is 0.154. The Balaban J connectivity index is 2.48. The summed E-state index contributed by atoms with van der Waals surface area (Å²) in [5.74, 6) is -1.03. The van der Waals surface area contributed by atoms with Crippen LogP contribution < -0.4 is 0 Å². The fraction of sp³-hybridized carbons (Fsp3) is 0.533. The molecule has 7 heteroatoms. The fourth-order valence-electron chi connectivity index (χ4n) is 2.64. The van der Waals surface area contributed by atoms with Crippen LogP contribution >= 0.6 is 0 Å². The zero-order chi connectivity index (χ0) is 16.5. The number of esters is 1. The van der Waals surface area contributed by atoms with Gasteiger partial charge in [0.25, 0.3) is 0 Å². The molecule has 0 amide bonds. The topological polar surface area (TPSA) is 116 Å². The number of aliphatic hydroxyl groups excluding tert-OH is 3. The number of benzene rings is 1. The first kappa shape index (κ1) is 16.9. The molecule has 7 nitrogen and oxygen atoms in total. The van der Waals surface area contributed by atoms with Crippen molar-refractivity contribution < 1.29 is 34.7 Å². The summed E-state index contributed by atoms with van der Waals surface area (Å²) in [4.78, 5) is 12.2. The third kappa shape index (κ3) is 2.62. The van der Waals surface area contributed by atoms with Crippen molar-refractivity contribution in [1.29, 1.82) is 0 Å². The molecule has 4 N–H and O–H groups in total. The third-order valence-electron chi connectivity index (χ3n) is 3.97. The highest BCUT2D eigenvalue weighted by molar-refractivity contribution is 5.82. The number of ether oxygens (including phenoxy) is 2. The molecule has 0 saturated carbocycles. The predicted molar refractivity (Wildman–Crippen MR) is 74.7 cm³/mol. The second kappa shape index (κ2) is 6.31. The number of hydrogen-bond donors (Lipinski definition) is 4. The highest BCUT2D eigenvalue weighted by Crippen LogP contribution is 2.36. The van der Waals surface area contributed by atoms with Gasteiger partial charge in [-0.25, -0.2) is 4.79 Å². The van der Waals surface area contributed by atoms with E-state index in [9.17, 15) is 25.2 Å². The third-order valence-corrected chi connectivity index (χ3v) is 3.97. The van der Waals surface area contributed by atoms with Gasteiger partial charge in [0.2, 0.25) is 5.60 Å². The van der Waals surface area contributed by atoms with Gasteiger partial charge in [-0.3, -0.25) is 0 Å². The van der Waals surface area contributed by atoms with Gasteiger partial charge < -0.3 is 29.9 Å². The van der Waals surface area contributed by atoms with E-state index in [-0.39, 0.29) is 5.56 Å². The largest absolute Gasteiger partial charge is 0.467 e. The first-order chi connectivity index (χ1) is 10.3. The molecular formula is C15H20O7. The van der Waals surface area contributed by atoms with Crippen molar-refractivity contribution in [3.8, 4) is 0 Å². The molecule has 1 aromatic rings. The van der Waals surface area contributed by atoms with Gasteiger partial charge in [-0.1, -0.05) is 30.3 Å². The molecule has 1 heterocycles. The van der Waals surface area contributed by atoms with E-state index in [0.717, 1.165) is 7.11 Å². The molecule has 2 rings (SSSR count). The highest BCUT2D eigenvalue weighted by atomic mass is 16.6. The molecule has 22 heavy (non-hydrogen) atoms. The summed E-state index contributed by atoms with van der Waals surface area (Å²) in [6.07, 6.45) is -6.94. The zero-order valence-corrected chi connectivity index (χ0v) is 12.3. The molecule has 1 aliphatic heterocycles. The van der Waals surface area contributed by atoms with Crippen LogP contribution in [0.4, 0.5) is 0 Å². The van der Waals surface area contributed by atoms with Gasteiger partial charge in [-0.15, -0.1) is 0 Å². The van der Waals surface area contributed by atoms with E-state index in [2.05, 4.69) is 4.74 Å². The zero-order valence-electron chi connectivity index (χ0n) is 12.3. The summed E-state index contributed by atoms with van der Waals surface area (Å²) in [5.41, 5.74) is -2.16. The molecule has 1 fully saturated rings. The van der Waals surface area contributed by atoms with Crippen LogP contribution in [0.3, 0.4) is 0 Å². The van der Waals surface area contributed by atoms with E-state index < -0.39 is 42.1 Å². The van der Waals surface area contributed by atoms with E-state index in [0.29, 0.717) is 0 Å². The number of methoxy groups -OCH3 is 1. The lowest BCUT2D eigenvalue weighted by Gasteiger charge is -2.45. The van der Waals surface area contributed by atoms with Crippen LogP contribution in [0.25, 0.3) is 0 Å². The van der Waals surface area contributed by atoms with Crippen LogP contribution in [0.2, 0.25) is 0 Å². The first-order valence-electron chi connectivity index (χ1n) is 6.90. The summed E-state index contributed by atoms with van der Waals surface area (Å²) in [6.45, 7) is 1.47. The van der Waals surface area contributed by atoms with Crippen LogP contribution in [0.5, 0.6) is 0 Å². The summed E-state index contributed by atoms with van der Waals surface area (Å²) in [7, 11) is 1.10. The number of hydrogen-bond acceptors (Lipinski definition) is 7. The Morgan fingerprint density at radius 2 is 1.73 bits per heavy atom. The molecule has 0 aromatic heterocycles. The molecule has 122 valence electrons. The maximum Gasteiger partial charge on any atom is 0.345 e. The fourth-order valence-corrected chi connectivity index (χ4v) is 2.64. The lowest BCUT2D eigenvalue weighted by Crippen LogP contribution is -2.65. The summed E-state index contributed by atoms with van der Waals surface area (Å²) < 4.78 is 10.1. The molecule has 1 aromatic carbocycles. The Kier molecular flexibility index (Phi) is 4.84. The molecule has 0 radical (unpaired) electrons. The van der Waals surface area contributed by atoms with Gasteiger partial charge in [0.15, 0.2) is 0 Å². The summed E-state index contributed by atoms with van der Waals surface area (Å²) in [5, 5.41) is 40.7. The molecule has 0 spiro atoms. The summed E-state index contributed by atoms with van der Waals surface area (Å²) >= 11 is 0. The van der Waals surface area contributed by atoms with Gasteiger partial charge in [0, 0.05) is 0 Å². The number of carbonyl (C=O) groups excluding carboxylic acids is 1. The van der Waals surface area contributed by atoms with Gasteiger partial charge in [-0.2, -0.15) is 0 Å². The quantitative estimate of drug-likeness (QED) is 0.524.